The summed E-state index contributed by atoms with van der Waals surface area (Å²) in [4.78, 5) is 20.2. The molecule has 10 heteroatoms. The number of aromatic nitrogens is 2. The second kappa shape index (κ2) is 8.40. The number of nitrogen functional groups attached to an aromatic ring is 1. The summed E-state index contributed by atoms with van der Waals surface area (Å²) in [7, 11) is 1.52. The largest absolute Gasteiger partial charge is 0.495 e. The summed E-state index contributed by atoms with van der Waals surface area (Å²) in [5.74, 6) is 0.0883. The van der Waals surface area contributed by atoms with Gasteiger partial charge in [-0.3, -0.25) is 15.6 Å². The minimum absolute atomic E-state index is 0.156. The van der Waals surface area contributed by atoms with Crippen molar-refractivity contribution in [2.75, 3.05) is 23.6 Å². The van der Waals surface area contributed by atoms with Crippen molar-refractivity contribution < 1.29 is 13.9 Å². The normalized spacial score (nSPS) is 10.2. The van der Waals surface area contributed by atoms with Crippen molar-refractivity contribution in [2.45, 2.75) is 0 Å². The zero-order valence-corrected chi connectivity index (χ0v) is 15.4. The smallest absolute Gasteiger partial charge is 0.269 e. The minimum atomic E-state index is -0.482. The number of nitrogens with one attached hydrogen (secondary N) is 3. The van der Waals surface area contributed by atoms with Gasteiger partial charge in [-0.25, -0.2) is 14.4 Å². The number of carbonyl (C=O) groups excluding carboxylic acids is 1. The Morgan fingerprint density at radius 2 is 1.86 bits per heavy atom. The van der Waals surface area contributed by atoms with Crippen molar-refractivity contribution in [1.29, 1.82) is 0 Å². The number of methoxy groups -OCH3 is 1. The maximum Gasteiger partial charge on any atom is 0.269 e. The van der Waals surface area contributed by atoms with E-state index in [0.717, 1.165) is 0 Å². The third kappa shape index (κ3) is 4.38. The first-order valence-electron chi connectivity index (χ1n) is 8.01. The third-order valence-electron chi connectivity index (χ3n) is 3.70. The maximum absolute atomic E-state index is 13.0. The Morgan fingerprint density at radius 3 is 2.57 bits per heavy atom. The van der Waals surface area contributed by atoms with Gasteiger partial charge in [-0.1, -0.05) is 11.6 Å². The average molecular weight is 403 g/mol. The molecular formula is C18H16ClFN6O2. The lowest BCUT2D eigenvalue weighted by Gasteiger charge is -2.15. The Bertz CT molecular complexity index is 1000. The van der Waals surface area contributed by atoms with E-state index in [2.05, 4.69) is 26.1 Å². The number of benzene rings is 2. The highest BCUT2D eigenvalue weighted by Gasteiger charge is 2.12. The summed E-state index contributed by atoms with van der Waals surface area (Å²) >= 11 is 6.02. The van der Waals surface area contributed by atoms with Crippen molar-refractivity contribution in [1.82, 2.24) is 15.4 Å². The fourth-order valence-corrected chi connectivity index (χ4v) is 2.46. The zero-order valence-electron chi connectivity index (χ0n) is 14.7. The summed E-state index contributed by atoms with van der Waals surface area (Å²) in [6.07, 6.45) is 1.27. The lowest BCUT2D eigenvalue weighted by molar-refractivity contribution is 0.0962. The first-order valence-corrected chi connectivity index (χ1v) is 8.38. The number of carbonyl (C=O) groups is 1. The molecule has 1 amide bonds. The highest BCUT2D eigenvalue weighted by molar-refractivity contribution is 6.31. The Hall–Kier alpha value is -3.59. The van der Waals surface area contributed by atoms with Crippen molar-refractivity contribution in [2.24, 2.45) is 0 Å². The molecule has 0 unspecified atom stereocenters. The topological polar surface area (TPSA) is 114 Å². The van der Waals surface area contributed by atoms with E-state index < -0.39 is 11.7 Å². The van der Waals surface area contributed by atoms with Crippen LogP contribution >= 0.6 is 11.6 Å². The number of rotatable bonds is 6. The lowest BCUT2D eigenvalue weighted by Crippen LogP contribution is -2.30. The number of hydrazine groups is 1. The molecule has 28 heavy (non-hydrogen) atoms. The van der Waals surface area contributed by atoms with Gasteiger partial charge in [-0.15, -0.1) is 0 Å². The highest BCUT2D eigenvalue weighted by Crippen LogP contribution is 2.32. The second-order valence-electron chi connectivity index (χ2n) is 5.54. The first-order chi connectivity index (χ1) is 13.5. The Morgan fingerprint density at radius 1 is 1.14 bits per heavy atom. The van der Waals surface area contributed by atoms with Crippen LogP contribution in [0.1, 0.15) is 10.4 Å². The van der Waals surface area contributed by atoms with E-state index in [-0.39, 0.29) is 22.9 Å². The average Bonchev–Trinajstić information content (AvgIpc) is 2.69. The molecule has 3 rings (SSSR count). The minimum Gasteiger partial charge on any atom is -0.495 e. The van der Waals surface area contributed by atoms with Crippen LogP contribution < -0.4 is 26.6 Å². The summed E-state index contributed by atoms with van der Waals surface area (Å²) in [6.45, 7) is 0. The SMILES string of the molecule is COc1ccc(Cl)cc1Nc1ncnc(NNC(=O)c2ccc(F)cc2)c1N. The summed E-state index contributed by atoms with van der Waals surface area (Å²) in [5.41, 5.74) is 12.1. The maximum atomic E-state index is 13.0. The Kier molecular flexibility index (Phi) is 5.75. The predicted molar refractivity (Wildman–Crippen MR) is 105 cm³/mol. The van der Waals surface area contributed by atoms with Crippen LogP contribution in [0.2, 0.25) is 5.02 Å². The van der Waals surface area contributed by atoms with E-state index in [9.17, 15) is 9.18 Å². The van der Waals surface area contributed by atoms with Crippen LogP contribution in [0, 0.1) is 5.82 Å². The van der Waals surface area contributed by atoms with Crippen LogP contribution in [0.3, 0.4) is 0 Å². The van der Waals surface area contributed by atoms with Crippen molar-refractivity contribution in [3.8, 4) is 5.75 Å². The number of ether oxygens (including phenoxy) is 1. The van der Waals surface area contributed by atoms with Gasteiger partial charge in [0.15, 0.2) is 11.6 Å². The lowest BCUT2D eigenvalue weighted by atomic mass is 10.2. The summed E-state index contributed by atoms with van der Waals surface area (Å²) in [5, 5.41) is 3.52. The fraction of sp³-hybridized carbons (Fsp3) is 0.0556. The molecule has 144 valence electrons. The summed E-state index contributed by atoms with van der Waals surface area (Å²) in [6, 6.07) is 10.1. The molecule has 0 aliphatic carbocycles. The zero-order chi connectivity index (χ0) is 20.1. The van der Waals surface area contributed by atoms with Crippen LogP contribution in [0.15, 0.2) is 48.8 Å². The highest BCUT2D eigenvalue weighted by atomic mass is 35.5. The molecule has 0 aliphatic heterocycles. The van der Waals surface area contributed by atoms with E-state index in [1.807, 2.05) is 0 Å². The number of hydrogen-bond acceptors (Lipinski definition) is 7. The van der Waals surface area contributed by atoms with Gasteiger partial charge in [0.2, 0.25) is 0 Å². The van der Waals surface area contributed by atoms with Crippen LogP contribution in [0.4, 0.5) is 27.4 Å². The molecule has 1 heterocycles. The number of anilines is 4. The molecule has 0 saturated heterocycles. The number of hydrogen-bond donors (Lipinski definition) is 4. The van der Waals surface area contributed by atoms with Gasteiger partial charge in [-0.05, 0) is 42.5 Å². The molecule has 2 aromatic carbocycles. The number of amides is 1. The van der Waals surface area contributed by atoms with E-state index in [0.29, 0.717) is 16.5 Å². The summed E-state index contributed by atoms with van der Waals surface area (Å²) < 4.78 is 18.2. The molecule has 0 atom stereocenters. The molecule has 1 aromatic heterocycles. The molecule has 5 N–H and O–H groups in total. The number of nitrogens with zero attached hydrogens (tertiary/aromatic N) is 2. The standard InChI is InChI=1S/C18H16ClFN6O2/c1-28-14-7-4-11(19)8-13(14)24-16-15(21)17(23-9-22-16)25-26-18(27)10-2-5-12(20)6-3-10/h2-9H,21H2,1H3,(H,26,27)(H2,22,23,24,25). The molecule has 0 fully saturated rings. The van der Waals surface area contributed by atoms with Gasteiger partial charge in [0, 0.05) is 10.6 Å². The van der Waals surface area contributed by atoms with Gasteiger partial charge in [0.25, 0.3) is 5.91 Å². The molecule has 8 nitrogen and oxygen atoms in total. The molecule has 0 bridgehead atoms. The van der Waals surface area contributed by atoms with Crippen LogP contribution in [0.5, 0.6) is 5.75 Å². The molecule has 0 spiro atoms. The fourth-order valence-electron chi connectivity index (χ4n) is 2.29. The van der Waals surface area contributed by atoms with Gasteiger partial charge in [-0.2, -0.15) is 0 Å². The predicted octanol–water partition coefficient (Wildman–Crippen LogP) is 3.36. The van der Waals surface area contributed by atoms with E-state index in [4.69, 9.17) is 22.1 Å². The van der Waals surface area contributed by atoms with E-state index in [1.165, 1.54) is 37.7 Å². The Labute approximate surface area is 164 Å². The molecule has 0 saturated carbocycles. The van der Waals surface area contributed by atoms with E-state index in [1.54, 1.807) is 18.2 Å². The van der Waals surface area contributed by atoms with Crippen molar-refractivity contribution in [3.63, 3.8) is 0 Å². The second-order valence-corrected chi connectivity index (χ2v) is 5.98. The van der Waals surface area contributed by atoms with Crippen LogP contribution in [-0.4, -0.2) is 23.0 Å². The van der Waals surface area contributed by atoms with Gasteiger partial charge >= 0.3 is 0 Å². The van der Waals surface area contributed by atoms with Crippen molar-refractivity contribution in [3.05, 3.63) is 65.2 Å². The van der Waals surface area contributed by atoms with E-state index >= 15 is 0 Å². The number of halogens is 2. The Balaban J connectivity index is 1.75. The van der Waals surface area contributed by atoms with Crippen LogP contribution in [0.25, 0.3) is 0 Å². The van der Waals surface area contributed by atoms with Crippen LogP contribution in [-0.2, 0) is 0 Å². The van der Waals surface area contributed by atoms with Crippen molar-refractivity contribution >= 4 is 40.5 Å². The monoisotopic (exact) mass is 402 g/mol. The number of nitrogens with two attached hydrogens (primary N) is 1. The molecule has 3 aromatic rings. The molecular weight excluding hydrogens is 387 g/mol. The van der Waals surface area contributed by atoms with Gasteiger partial charge < -0.3 is 15.8 Å². The van der Waals surface area contributed by atoms with Gasteiger partial charge in [0.05, 0.1) is 12.8 Å². The quantitative estimate of drug-likeness (QED) is 0.467. The van der Waals surface area contributed by atoms with Gasteiger partial charge in [0.1, 0.15) is 23.6 Å². The first kappa shape index (κ1) is 19.2. The molecule has 0 radical (unpaired) electrons. The molecule has 0 aliphatic rings. The third-order valence-corrected chi connectivity index (χ3v) is 3.93.